The van der Waals surface area contributed by atoms with E-state index >= 15 is 0 Å². The summed E-state index contributed by atoms with van der Waals surface area (Å²) in [6.07, 6.45) is 2.31. The van der Waals surface area contributed by atoms with Gasteiger partial charge in [0.2, 0.25) is 15.9 Å². The minimum absolute atomic E-state index is 0.184. The SMILES string of the molecule is COc1cc(CN(C2CCCCNC2=O)S(=O)(=O)c2ccc(F)c(F)c2)ccc1OCCc1scnc1C. The molecule has 3 aromatic rings. The molecule has 1 aliphatic rings. The summed E-state index contributed by atoms with van der Waals surface area (Å²) in [4.78, 5) is 17.8. The van der Waals surface area contributed by atoms with Crippen LogP contribution in [0.15, 0.2) is 46.8 Å². The number of halogens is 2. The number of thiazole rings is 1. The molecule has 0 spiro atoms. The van der Waals surface area contributed by atoms with Crippen molar-refractivity contribution in [1.29, 1.82) is 0 Å². The highest BCUT2D eigenvalue weighted by Gasteiger charge is 2.37. The molecule has 1 saturated heterocycles. The van der Waals surface area contributed by atoms with Crippen molar-refractivity contribution in [3.05, 3.63) is 69.7 Å². The molecule has 1 amide bonds. The van der Waals surface area contributed by atoms with Crippen LogP contribution in [0.2, 0.25) is 0 Å². The normalized spacial score (nSPS) is 16.2. The van der Waals surface area contributed by atoms with Gasteiger partial charge in [0.25, 0.3) is 0 Å². The molecule has 0 aliphatic carbocycles. The van der Waals surface area contributed by atoms with Gasteiger partial charge in [-0.15, -0.1) is 11.3 Å². The predicted octanol–water partition coefficient (Wildman–Crippen LogP) is 4.22. The van der Waals surface area contributed by atoms with Gasteiger partial charge in [-0.05, 0) is 62.1 Å². The lowest BCUT2D eigenvalue weighted by Crippen LogP contribution is -2.48. The van der Waals surface area contributed by atoms with Gasteiger partial charge in [-0.2, -0.15) is 4.31 Å². The third-order valence-corrected chi connectivity index (χ3v) is 9.20. The Bertz CT molecular complexity index is 1400. The second kappa shape index (κ2) is 12.2. The predicted molar refractivity (Wildman–Crippen MR) is 139 cm³/mol. The second-order valence-electron chi connectivity index (χ2n) is 8.87. The maximum atomic E-state index is 14.0. The number of sulfonamides is 1. The number of carbonyl (C=O) groups is 1. The van der Waals surface area contributed by atoms with E-state index in [4.69, 9.17) is 9.47 Å². The Balaban J connectivity index is 1.61. The van der Waals surface area contributed by atoms with Gasteiger partial charge in [0.1, 0.15) is 6.04 Å². The average Bonchev–Trinajstić information content (AvgIpc) is 3.18. The summed E-state index contributed by atoms with van der Waals surface area (Å²) >= 11 is 1.56. The molecular formula is C26H29F2N3O5S2. The summed E-state index contributed by atoms with van der Waals surface area (Å²) < 4.78 is 67.3. The topological polar surface area (TPSA) is 97.8 Å². The lowest BCUT2D eigenvalue weighted by molar-refractivity contribution is -0.124. The summed E-state index contributed by atoms with van der Waals surface area (Å²) in [6.45, 7) is 2.60. The van der Waals surface area contributed by atoms with Gasteiger partial charge in [-0.3, -0.25) is 4.79 Å². The maximum absolute atomic E-state index is 14.0. The van der Waals surface area contributed by atoms with Crippen LogP contribution >= 0.6 is 11.3 Å². The second-order valence-corrected chi connectivity index (χ2v) is 11.7. The molecule has 1 N–H and O–H groups in total. The zero-order valence-corrected chi connectivity index (χ0v) is 22.7. The minimum atomic E-state index is -4.37. The molecule has 0 radical (unpaired) electrons. The largest absolute Gasteiger partial charge is 0.493 e. The van der Waals surface area contributed by atoms with Crippen LogP contribution in [0.3, 0.4) is 0 Å². The van der Waals surface area contributed by atoms with Crippen LogP contribution in [0, 0.1) is 18.6 Å². The van der Waals surface area contributed by atoms with E-state index in [1.54, 1.807) is 35.0 Å². The quantitative estimate of drug-likeness (QED) is 0.395. The molecule has 204 valence electrons. The maximum Gasteiger partial charge on any atom is 0.244 e. The number of rotatable bonds is 10. The summed E-state index contributed by atoms with van der Waals surface area (Å²) in [5, 5.41) is 2.75. The Labute approximate surface area is 224 Å². The third kappa shape index (κ3) is 6.30. The first-order valence-electron chi connectivity index (χ1n) is 12.1. The van der Waals surface area contributed by atoms with Crippen molar-refractivity contribution in [2.24, 2.45) is 0 Å². The van der Waals surface area contributed by atoms with Crippen LogP contribution in [-0.2, 0) is 27.8 Å². The Kier molecular flexibility index (Phi) is 8.95. The van der Waals surface area contributed by atoms with Gasteiger partial charge in [0.15, 0.2) is 23.1 Å². The van der Waals surface area contributed by atoms with Crippen LogP contribution < -0.4 is 14.8 Å². The van der Waals surface area contributed by atoms with Crippen LogP contribution in [0.4, 0.5) is 8.78 Å². The fourth-order valence-electron chi connectivity index (χ4n) is 4.26. The number of amides is 1. The number of nitrogens with one attached hydrogen (secondary N) is 1. The number of hydrogen-bond acceptors (Lipinski definition) is 7. The van der Waals surface area contributed by atoms with Crippen molar-refractivity contribution in [2.45, 2.75) is 50.1 Å². The van der Waals surface area contributed by atoms with Crippen molar-refractivity contribution in [3.8, 4) is 11.5 Å². The lowest BCUT2D eigenvalue weighted by Gasteiger charge is -2.29. The molecular weight excluding hydrogens is 536 g/mol. The molecule has 1 aromatic heterocycles. The number of aromatic nitrogens is 1. The highest BCUT2D eigenvalue weighted by molar-refractivity contribution is 7.89. The van der Waals surface area contributed by atoms with Crippen LogP contribution in [0.5, 0.6) is 11.5 Å². The van der Waals surface area contributed by atoms with E-state index in [1.807, 2.05) is 6.92 Å². The fraction of sp³-hybridized carbons (Fsp3) is 0.385. The third-order valence-electron chi connectivity index (χ3n) is 6.35. The number of hydrogen-bond donors (Lipinski definition) is 1. The molecule has 2 heterocycles. The minimum Gasteiger partial charge on any atom is -0.493 e. The van der Waals surface area contributed by atoms with Crippen LogP contribution in [-0.4, -0.2) is 49.9 Å². The number of ether oxygens (including phenoxy) is 2. The Morgan fingerprint density at radius 2 is 1.95 bits per heavy atom. The first kappa shape index (κ1) is 27.9. The molecule has 1 fully saturated rings. The van der Waals surface area contributed by atoms with E-state index in [2.05, 4.69) is 10.3 Å². The lowest BCUT2D eigenvalue weighted by atomic mass is 10.1. The van der Waals surface area contributed by atoms with E-state index in [0.29, 0.717) is 62.0 Å². The summed E-state index contributed by atoms with van der Waals surface area (Å²) in [6, 6.07) is 6.40. The summed E-state index contributed by atoms with van der Waals surface area (Å²) in [7, 11) is -2.89. The van der Waals surface area contributed by atoms with Gasteiger partial charge in [-0.1, -0.05) is 6.07 Å². The van der Waals surface area contributed by atoms with E-state index in [-0.39, 0.29) is 6.54 Å². The number of nitrogens with zero attached hydrogens (tertiary/aromatic N) is 2. The van der Waals surface area contributed by atoms with Crippen LogP contribution in [0.25, 0.3) is 0 Å². The summed E-state index contributed by atoms with van der Waals surface area (Å²) in [5.74, 6) is -1.99. The molecule has 2 aromatic carbocycles. The van der Waals surface area contributed by atoms with Crippen LogP contribution in [0.1, 0.15) is 35.4 Å². The standard InChI is InChI=1S/C26H29F2N3O5S2/c1-17-25(37-16-30-17)10-12-36-23-9-6-18(13-24(23)35-2)15-31(22-5-3-4-11-29-26(22)32)38(33,34)19-7-8-20(27)21(28)14-19/h6-9,13-14,16,22H,3-5,10-12,15H2,1-2H3,(H,29,32). The van der Waals surface area contributed by atoms with Crippen molar-refractivity contribution in [3.63, 3.8) is 0 Å². The smallest absolute Gasteiger partial charge is 0.244 e. The zero-order valence-electron chi connectivity index (χ0n) is 21.1. The molecule has 0 saturated carbocycles. The highest BCUT2D eigenvalue weighted by Crippen LogP contribution is 2.31. The average molecular weight is 566 g/mol. The molecule has 1 unspecified atom stereocenters. The first-order chi connectivity index (χ1) is 18.2. The highest BCUT2D eigenvalue weighted by atomic mass is 32.2. The number of aryl methyl sites for hydroxylation is 1. The molecule has 0 bridgehead atoms. The van der Waals surface area contributed by atoms with Gasteiger partial charge in [-0.25, -0.2) is 22.2 Å². The molecule has 1 aliphatic heterocycles. The number of methoxy groups -OCH3 is 1. The van der Waals surface area contributed by atoms with Gasteiger partial charge >= 0.3 is 0 Å². The molecule has 38 heavy (non-hydrogen) atoms. The molecule has 8 nitrogen and oxygen atoms in total. The van der Waals surface area contributed by atoms with Gasteiger partial charge < -0.3 is 14.8 Å². The molecule has 12 heteroatoms. The Morgan fingerprint density at radius 1 is 1.13 bits per heavy atom. The summed E-state index contributed by atoms with van der Waals surface area (Å²) in [5.41, 5.74) is 3.29. The number of carbonyl (C=O) groups excluding carboxylic acids is 1. The zero-order chi connectivity index (χ0) is 27.3. The van der Waals surface area contributed by atoms with E-state index in [9.17, 15) is 22.0 Å². The van der Waals surface area contributed by atoms with Crippen molar-refractivity contribution in [2.75, 3.05) is 20.3 Å². The monoisotopic (exact) mass is 565 g/mol. The van der Waals surface area contributed by atoms with E-state index < -0.39 is 38.5 Å². The Morgan fingerprint density at radius 3 is 2.66 bits per heavy atom. The fourth-order valence-corrected chi connectivity index (χ4v) is 6.64. The van der Waals surface area contributed by atoms with E-state index in [0.717, 1.165) is 27.0 Å². The molecule has 4 rings (SSSR count). The van der Waals surface area contributed by atoms with Crippen molar-refractivity contribution >= 4 is 27.3 Å². The van der Waals surface area contributed by atoms with Crippen molar-refractivity contribution in [1.82, 2.24) is 14.6 Å². The van der Waals surface area contributed by atoms with Gasteiger partial charge in [0, 0.05) is 24.4 Å². The van der Waals surface area contributed by atoms with E-state index in [1.165, 1.54) is 7.11 Å². The van der Waals surface area contributed by atoms with Gasteiger partial charge in [0.05, 0.1) is 29.8 Å². The Hall–Kier alpha value is -3.09. The number of benzene rings is 2. The molecule has 1 atom stereocenters. The first-order valence-corrected chi connectivity index (χ1v) is 14.5. The van der Waals surface area contributed by atoms with Crippen molar-refractivity contribution < 1.29 is 31.5 Å².